The van der Waals surface area contributed by atoms with Crippen molar-refractivity contribution >= 4 is 22.4 Å². The minimum absolute atomic E-state index is 0.0412. The van der Waals surface area contributed by atoms with Crippen LogP contribution in [0.1, 0.15) is 25.1 Å². The average Bonchev–Trinajstić information content (AvgIpc) is 3.25. The normalized spacial score (nSPS) is 13.3. The average molecular weight is 441 g/mol. The van der Waals surface area contributed by atoms with Crippen molar-refractivity contribution in [2.24, 2.45) is 5.73 Å². The first-order chi connectivity index (χ1) is 15.2. The van der Waals surface area contributed by atoms with Crippen molar-refractivity contribution in [3.63, 3.8) is 0 Å². The first-order valence-corrected chi connectivity index (χ1v) is 10.1. The van der Waals surface area contributed by atoms with Gasteiger partial charge < -0.3 is 24.9 Å². The van der Waals surface area contributed by atoms with Crippen LogP contribution in [0.5, 0.6) is 17.4 Å². The van der Waals surface area contributed by atoms with Gasteiger partial charge in [0.1, 0.15) is 36.3 Å². The summed E-state index contributed by atoms with van der Waals surface area (Å²) in [6, 6.07) is 4.16. The number of aromatic amines is 1. The Labute approximate surface area is 183 Å². The Kier molecular flexibility index (Phi) is 5.70. The van der Waals surface area contributed by atoms with E-state index in [0.29, 0.717) is 16.8 Å². The van der Waals surface area contributed by atoms with Crippen molar-refractivity contribution in [2.45, 2.75) is 39.8 Å². The lowest BCUT2D eigenvalue weighted by molar-refractivity contribution is -0.150. The fourth-order valence-corrected chi connectivity index (χ4v) is 3.33. The van der Waals surface area contributed by atoms with Crippen LogP contribution in [0.2, 0.25) is 0 Å². The van der Waals surface area contributed by atoms with Gasteiger partial charge in [0.25, 0.3) is 0 Å². The second kappa shape index (κ2) is 8.46. The Hall–Kier alpha value is -3.66. The van der Waals surface area contributed by atoms with Gasteiger partial charge in [-0.25, -0.2) is 8.91 Å². The van der Waals surface area contributed by atoms with Gasteiger partial charge in [0, 0.05) is 28.2 Å². The number of benzene rings is 1. The van der Waals surface area contributed by atoms with Crippen molar-refractivity contribution in [3.8, 4) is 17.4 Å². The van der Waals surface area contributed by atoms with E-state index >= 15 is 0 Å². The van der Waals surface area contributed by atoms with Crippen LogP contribution in [-0.2, 0) is 9.53 Å². The van der Waals surface area contributed by atoms with E-state index in [1.54, 1.807) is 30.6 Å². The van der Waals surface area contributed by atoms with Crippen LogP contribution >= 0.6 is 0 Å². The third-order valence-electron chi connectivity index (χ3n) is 4.92. The molecule has 0 aliphatic carbocycles. The zero-order valence-electron chi connectivity index (χ0n) is 18.2. The van der Waals surface area contributed by atoms with Gasteiger partial charge in [0.2, 0.25) is 5.88 Å². The Morgan fingerprint density at radius 2 is 2.03 bits per heavy atom. The van der Waals surface area contributed by atoms with Crippen molar-refractivity contribution in [3.05, 3.63) is 47.8 Å². The molecule has 0 bridgehead atoms. The highest BCUT2D eigenvalue weighted by Crippen LogP contribution is 2.34. The number of hydrogen-bond donors (Lipinski definition) is 2. The monoisotopic (exact) mass is 441 g/mol. The first kappa shape index (κ1) is 21.6. The number of hydrogen-bond acceptors (Lipinski definition) is 7. The number of carbonyl (C=O) groups excluding carboxylic acids is 1. The van der Waals surface area contributed by atoms with Gasteiger partial charge in [-0.2, -0.15) is 10.1 Å². The van der Waals surface area contributed by atoms with Crippen LogP contribution in [0.3, 0.4) is 0 Å². The number of esters is 1. The Morgan fingerprint density at radius 1 is 1.25 bits per heavy atom. The number of nitrogens with zero attached hydrogens (tertiary/aromatic N) is 3. The molecule has 0 aliphatic rings. The largest absolute Gasteiger partial charge is 0.488 e. The van der Waals surface area contributed by atoms with Crippen LogP contribution in [0.25, 0.3) is 16.4 Å². The molecule has 0 aliphatic heterocycles. The lowest BCUT2D eigenvalue weighted by Gasteiger charge is -2.15. The van der Waals surface area contributed by atoms with Crippen molar-refractivity contribution in [1.29, 1.82) is 0 Å². The molecule has 2 atom stereocenters. The quantitative estimate of drug-likeness (QED) is 0.422. The van der Waals surface area contributed by atoms with E-state index in [1.807, 2.05) is 19.9 Å². The highest BCUT2D eigenvalue weighted by atomic mass is 19.1. The number of carbonyl (C=O) groups is 1. The molecule has 0 saturated heterocycles. The number of fused-ring (bicyclic) bond motifs is 2. The number of aryl methyl sites for hydroxylation is 2. The second-order valence-corrected chi connectivity index (χ2v) is 7.75. The van der Waals surface area contributed by atoms with E-state index in [0.717, 1.165) is 16.6 Å². The predicted octanol–water partition coefficient (Wildman–Crippen LogP) is 3.42. The number of rotatable bonds is 7. The van der Waals surface area contributed by atoms with Gasteiger partial charge in [-0.3, -0.25) is 4.79 Å². The minimum atomic E-state index is -0.708. The van der Waals surface area contributed by atoms with Crippen LogP contribution in [0.4, 0.5) is 4.39 Å². The van der Waals surface area contributed by atoms with E-state index < -0.39 is 23.9 Å². The predicted molar refractivity (Wildman–Crippen MR) is 115 cm³/mol. The molecule has 0 saturated carbocycles. The highest BCUT2D eigenvalue weighted by Gasteiger charge is 2.19. The summed E-state index contributed by atoms with van der Waals surface area (Å²) in [5.74, 6) is -0.267. The first-order valence-electron chi connectivity index (χ1n) is 10.1. The summed E-state index contributed by atoms with van der Waals surface area (Å²) in [7, 11) is 0. The zero-order valence-corrected chi connectivity index (χ0v) is 18.2. The van der Waals surface area contributed by atoms with Gasteiger partial charge in [0.15, 0.2) is 11.6 Å². The molecular weight excluding hydrogens is 417 g/mol. The lowest BCUT2D eigenvalue weighted by Crippen LogP contribution is -2.33. The topological polar surface area (TPSA) is 117 Å². The summed E-state index contributed by atoms with van der Waals surface area (Å²) in [5, 5.41) is 4.94. The number of H-pyrrole nitrogens is 1. The Balaban J connectivity index is 1.58. The number of nitrogens with two attached hydrogens (primary N) is 1. The molecule has 32 heavy (non-hydrogen) atoms. The molecule has 4 rings (SSSR count). The van der Waals surface area contributed by atoms with E-state index in [2.05, 4.69) is 15.1 Å². The van der Waals surface area contributed by atoms with E-state index in [9.17, 15) is 9.18 Å². The van der Waals surface area contributed by atoms with Crippen molar-refractivity contribution in [2.75, 3.05) is 6.61 Å². The standard InChI is InChI=1S/C22H24FN5O4/c1-11-5-15-6-16(23)18(7-17(15)27-11)32-21-20-13(3)19(8-28(20)26-10-25-21)30-9-12(2)31-22(29)14(4)24/h5-8,10,12,14,27H,9,24H2,1-4H3. The molecule has 0 amide bonds. The van der Waals surface area contributed by atoms with Crippen molar-refractivity contribution < 1.29 is 23.4 Å². The highest BCUT2D eigenvalue weighted by molar-refractivity contribution is 5.82. The van der Waals surface area contributed by atoms with Crippen LogP contribution in [0.15, 0.2) is 30.7 Å². The van der Waals surface area contributed by atoms with Crippen LogP contribution < -0.4 is 15.2 Å². The number of nitrogens with one attached hydrogen (secondary N) is 1. The molecule has 168 valence electrons. The van der Waals surface area contributed by atoms with Gasteiger partial charge in [0.05, 0.1) is 6.20 Å². The molecular formula is C22H24FN5O4. The van der Waals surface area contributed by atoms with E-state index in [1.165, 1.54) is 12.4 Å². The maximum atomic E-state index is 14.6. The summed E-state index contributed by atoms with van der Waals surface area (Å²) < 4.78 is 33.0. The number of aromatic nitrogens is 4. The maximum Gasteiger partial charge on any atom is 0.323 e. The number of ether oxygens (including phenoxy) is 3. The molecule has 3 N–H and O–H groups in total. The van der Waals surface area contributed by atoms with Crippen LogP contribution in [0, 0.1) is 19.7 Å². The Morgan fingerprint density at radius 3 is 2.78 bits per heavy atom. The summed E-state index contributed by atoms with van der Waals surface area (Å²) in [6.45, 7) is 7.10. The van der Waals surface area contributed by atoms with Gasteiger partial charge >= 0.3 is 5.97 Å². The molecule has 0 radical (unpaired) electrons. The molecule has 10 heteroatoms. The minimum Gasteiger partial charge on any atom is -0.488 e. The molecule has 4 aromatic rings. The molecule has 1 aromatic carbocycles. The molecule has 0 spiro atoms. The van der Waals surface area contributed by atoms with E-state index in [-0.39, 0.29) is 18.2 Å². The fraction of sp³-hybridized carbons (Fsp3) is 0.318. The smallest absolute Gasteiger partial charge is 0.323 e. The number of halogens is 1. The van der Waals surface area contributed by atoms with Gasteiger partial charge in [-0.05, 0) is 39.8 Å². The van der Waals surface area contributed by atoms with E-state index in [4.69, 9.17) is 19.9 Å². The molecule has 9 nitrogen and oxygen atoms in total. The third kappa shape index (κ3) is 4.22. The summed E-state index contributed by atoms with van der Waals surface area (Å²) in [5.41, 5.74) is 8.42. The second-order valence-electron chi connectivity index (χ2n) is 7.75. The summed E-state index contributed by atoms with van der Waals surface area (Å²) >= 11 is 0. The SMILES string of the molecule is Cc1cc2cc(F)c(Oc3ncnn4cc(OCC(C)OC(=O)C(C)N)c(C)c34)cc2[nH]1. The third-order valence-corrected chi connectivity index (χ3v) is 4.92. The Bertz CT molecular complexity index is 1300. The summed E-state index contributed by atoms with van der Waals surface area (Å²) in [4.78, 5) is 19.0. The molecule has 3 aromatic heterocycles. The fourth-order valence-electron chi connectivity index (χ4n) is 3.33. The van der Waals surface area contributed by atoms with Gasteiger partial charge in [-0.1, -0.05) is 0 Å². The summed E-state index contributed by atoms with van der Waals surface area (Å²) in [6.07, 6.45) is 2.48. The van der Waals surface area contributed by atoms with Gasteiger partial charge in [-0.15, -0.1) is 0 Å². The maximum absolute atomic E-state index is 14.6. The van der Waals surface area contributed by atoms with Crippen LogP contribution in [-0.4, -0.2) is 44.3 Å². The zero-order chi connectivity index (χ0) is 23.0. The molecule has 0 fully saturated rings. The van der Waals surface area contributed by atoms with Crippen molar-refractivity contribution in [1.82, 2.24) is 19.6 Å². The molecule has 3 heterocycles. The molecule has 2 unspecified atom stereocenters. The lowest BCUT2D eigenvalue weighted by atomic mass is 10.2.